The van der Waals surface area contributed by atoms with Gasteiger partial charge in [0, 0.05) is 12.7 Å². The van der Waals surface area contributed by atoms with Gasteiger partial charge in [0.05, 0.1) is 21.2 Å². The second-order valence-corrected chi connectivity index (χ2v) is 5.24. The van der Waals surface area contributed by atoms with Crippen molar-refractivity contribution in [1.82, 2.24) is 19.7 Å². The van der Waals surface area contributed by atoms with Gasteiger partial charge < -0.3 is 10.3 Å². The number of amides is 1. The number of rotatable bonds is 3. The highest BCUT2D eigenvalue weighted by molar-refractivity contribution is 9.10. The number of aromatic amines is 1. The van der Waals surface area contributed by atoms with Crippen molar-refractivity contribution in [2.24, 2.45) is 7.05 Å². The number of fused-ring (bicyclic) bond motifs is 1. The second-order valence-electron chi connectivity index (χ2n) is 4.45. The average molecular weight is 334 g/mol. The first kappa shape index (κ1) is 12.9. The molecule has 7 heteroatoms. The van der Waals surface area contributed by atoms with Crippen molar-refractivity contribution in [3.63, 3.8) is 0 Å². The van der Waals surface area contributed by atoms with Crippen LogP contribution in [0.15, 0.2) is 22.7 Å². The van der Waals surface area contributed by atoms with Crippen molar-refractivity contribution >= 4 is 39.1 Å². The maximum absolute atomic E-state index is 10.5. The van der Waals surface area contributed by atoms with Crippen LogP contribution in [0.1, 0.15) is 5.69 Å². The summed E-state index contributed by atoms with van der Waals surface area (Å²) in [5.41, 5.74) is 4.22. The molecule has 1 aromatic carbocycles. The molecular formula is C13H12BrN5O. The number of nitrogens with one attached hydrogen (secondary N) is 2. The molecule has 0 saturated heterocycles. The average Bonchev–Trinajstić information content (AvgIpc) is 2.91. The van der Waals surface area contributed by atoms with Crippen LogP contribution >= 0.6 is 15.9 Å². The number of aryl methyl sites for hydroxylation is 2. The lowest BCUT2D eigenvalue weighted by molar-refractivity contribution is -0.105. The van der Waals surface area contributed by atoms with Gasteiger partial charge in [0.1, 0.15) is 5.69 Å². The SMILES string of the molecule is Cc1nn(C)c(-c2nc3ccc(NC=O)cc3[nH]2)c1Br. The lowest BCUT2D eigenvalue weighted by atomic mass is 10.3. The van der Waals surface area contributed by atoms with E-state index < -0.39 is 0 Å². The van der Waals surface area contributed by atoms with Crippen molar-refractivity contribution in [3.8, 4) is 11.5 Å². The lowest BCUT2D eigenvalue weighted by Gasteiger charge is -1.97. The maximum Gasteiger partial charge on any atom is 0.211 e. The minimum atomic E-state index is 0.652. The molecule has 3 rings (SSSR count). The number of hydrogen-bond donors (Lipinski definition) is 2. The number of aromatic nitrogens is 4. The molecular weight excluding hydrogens is 322 g/mol. The number of H-pyrrole nitrogens is 1. The molecule has 2 heterocycles. The number of nitrogens with zero attached hydrogens (tertiary/aromatic N) is 3. The van der Waals surface area contributed by atoms with Crippen molar-refractivity contribution < 1.29 is 4.79 Å². The Morgan fingerprint density at radius 3 is 2.90 bits per heavy atom. The molecule has 0 saturated carbocycles. The molecule has 2 N–H and O–H groups in total. The molecule has 0 unspecified atom stereocenters. The molecule has 0 radical (unpaired) electrons. The molecule has 20 heavy (non-hydrogen) atoms. The van der Waals surface area contributed by atoms with E-state index in [0.29, 0.717) is 6.41 Å². The third-order valence-electron chi connectivity index (χ3n) is 3.08. The summed E-state index contributed by atoms with van der Waals surface area (Å²) < 4.78 is 2.70. The fourth-order valence-corrected chi connectivity index (χ4v) is 2.69. The zero-order valence-corrected chi connectivity index (χ0v) is 12.5. The van der Waals surface area contributed by atoms with Gasteiger partial charge in [0.2, 0.25) is 6.41 Å². The van der Waals surface area contributed by atoms with Gasteiger partial charge in [-0.15, -0.1) is 0 Å². The first-order valence-electron chi connectivity index (χ1n) is 5.99. The molecule has 0 fully saturated rings. The van der Waals surface area contributed by atoms with Crippen molar-refractivity contribution in [2.75, 3.05) is 5.32 Å². The summed E-state index contributed by atoms with van der Waals surface area (Å²) in [6.07, 6.45) is 0.652. The van der Waals surface area contributed by atoms with Gasteiger partial charge in [-0.1, -0.05) is 0 Å². The molecule has 0 aliphatic rings. The Bertz CT molecular complexity index is 805. The van der Waals surface area contributed by atoms with E-state index >= 15 is 0 Å². The number of hydrogen-bond acceptors (Lipinski definition) is 3. The summed E-state index contributed by atoms with van der Waals surface area (Å²) in [7, 11) is 1.87. The van der Waals surface area contributed by atoms with Crippen LogP contribution in [-0.4, -0.2) is 26.2 Å². The molecule has 0 aliphatic carbocycles. The number of carbonyl (C=O) groups excluding carboxylic acids is 1. The molecule has 2 aromatic heterocycles. The Morgan fingerprint density at radius 1 is 1.45 bits per heavy atom. The Balaban J connectivity index is 2.15. The third kappa shape index (κ3) is 2.00. The van der Waals surface area contributed by atoms with Crippen molar-refractivity contribution in [3.05, 3.63) is 28.4 Å². The van der Waals surface area contributed by atoms with Gasteiger partial charge in [0.15, 0.2) is 5.82 Å². The smallest absolute Gasteiger partial charge is 0.211 e. The van der Waals surface area contributed by atoms with Gasteiger partial charge in [-0.05, 0) is 41.1 Å². The van der Waals surface area contributed by atoms with Crippen LogP contribution in [-0.2, 0) is 11.8 Å². The molecule has 1 amide bonds. The van der Waals surface area contributed by atoms with Crippen LogP contribution in [0.5, 0.6) is 0 Å². The monoisotopic (exact) mass is 333 g/mol. The standard InChI is InChI=1S/C13H12BrN5O/c1-7-11(14)12(19(2)18-7)13-16-9-4-3-8(15-6-20)5-10(9)17-13/h3-6H,1-2H3,(H,15,20)(H,16,17). The maximum atomic E-state index is 10.5. The summed E-state index contributed by atoms with van der Waals surface area (Å²) in [6.45, 7) is 1.93. The Labute approximate surface area is 123 Å². The number of imidazole rings is 1. The van der Waals surface area contributed by atoms with Gasteiger partial charge >= 0.3 is 0 Å². The van der Waals surface area contributed by atoms with Crippen LogP contribution in [0.25, 0.3) is 22.6 Å². The predicted molar refractivity (Wildman–Crippen MR) is 80.4 cm³/mol. The van der Waals surface area contributed by atoms with Crippen LogP contribution in [0.4, 0.5) is 5.69 Å². The molecule has 6 nitrogen and oxygen atoms in total. The predicted octanol–water partition coefficient (Wildman–Crippen LogP) is 2.60. The van der Waals surface area contributed by atoms with Gasteiger partial charge in [-0.2, -0.15) is 5.10 Å². The molecule has 0 spiro atoms. The van der Waals surface area contributed by atoms with E-state index in [-0.39, 0.29) is 0 Å². The Morgan fingerprint density at radius 2 is 2.25 bits per heavy atom. The molecule has 0 bridgehead atoms. The quantitative estimate of drug-likeness (QED) is 0.723. The number of anilines is 1. The lowest BCUT2D eigenvalue weighted by Crippen LogP contribution is -1.95. The topological polar surface area (TPSA) is 75.6 Å². The van der Waals surface area contributed by atoms with Gasteiger partial charge in [0.25, 0.3) is 0 Å². The minimum Gasteiger partial charge on any atom is -0.337 e. The van der Waals surface area contributed by atoms with Crippen LogP contribution in [0, 0.1) is 6.92 Å². The highest BCUT2D eigenvalue weighted by Crippen LogP contribution is 2.30. The van der Waals surface area contributed by atoms with E-state index in [1.165, 1.54) is 0 Å². The molecule has 0 atom stereocenters. The van der Waals surface area contributed by atoms with E-state index in [0.717, 1.165) is 38.4 Å². The van der Waals surface area contributed by atoms with E-state index in [1.807, 2.05) is 32.2 Å². The van der Waals surface area contributed by atoms with E-state index in [2.05, 4.69) is 36.3 Å². The summed E-state index contributed by atoms with van der Waals surface area (Å²) >= 11 is 3.53. The van der Waals surface area contributed by atoms with Crippen LogP contribution in [0.2, 0.25) is 0 Å². The van der Waals surface area contributed by atoms with E-state index in [4.69, 9.17) is 0 Å². The van der Waals surface area contributed by atoms with Gasteiger partial charge in [-0.3, -0.25) is 9.48 Å². The summed E-state index contributed by atoms with van der Waals surface area (Å²) in [6, 6.07) is 5.51. The fraction of sp³-hybridized carbons (Fsp3) is 0.154. The third-order valence-corrected chi connectivity index (χ3v) is 4.03. The molecule has 0 aliphatic heterocycles. The van der Waals surface area contributed by atoms with Crippen LogP contribution in [0.3, 0.4) is 0 Å². The Hall–Kier alpha value is -2.15. The summed E-state index contributed by atoms with van der Waals surface area (Å²) in [4.78, 5) is 18.3. The fourth-order valence-electron chi connectivity index (χ4n) is 2.17. The number of halogens is 1. The number of benzene rings is 1. The second kappa shape index (κ2) is 4.75. The molecule has 102 valence electrons. The van der Waals surface area contributed by atoms with Crippen molar-refractivity contribution in [1.29, 1.82) is 0 Å². The van der Waals surface area contributed by atoms with E-state index in [9.17, 15) is 4.79 Å². The highest BCUT2D eigenvalue weighted by Gasteiger charge is 2.16. The van der Waals surface area contributed by atoms with Gasteiger partial charge in [-0.25, -0.2) is 4.98 Å². The Kier molecular flexibility index (Phi) is 3.06. The number of carbonyl (C=O) groups is 1. The summed E-state index contributed by atoms with van der Waals surface area (Å²) in [5.74, 6) is 0.734. The van der Waals surface area contributed by atoms with E-state index in [1.54, 1.807) is 4.68 Å². The van der Waals surface area contributed by atoms with Crippen LogP contribution < -0.4 is 5.32 Å². The zero-order chi connectivity index (χ0) is 14.3. The largest absolute Gasteiger partial charge is 0.337 e. The normalized spacial score (nSPS) is 10.9. The molecule has 3 aromatic rings. The highest BCUT2D eigenvalue weighted by atomic mass is 79.9. The first-order valence-corrected chi connectivity index (χ1v) is 6.79. The zero-order valence-electron chi connectivity index (χ0n) is 10.9. The minimum absolute atomic E-state index is 0.652. The summed E-state index contributed by atoms with van der Waals surface area (Å²) in [5, 5.41) is 6.98. The van der Waals surface area contributed by atoms with Crippen molar-refractivity contribution in [2.45, 2.75) is 6.92 Å². The first-order chi connectivity index (χ1) is 9.60.